The maximum absolute atomic E-state index is 12.5. The van der Waals surface area contributed by atoms with E-state index in [1.54, 1.807) is 41.6 Å². The van der Waals surface area contributed by atoms with Crippen molar-refractivity contribution < 1.29 is 4.79 Å². The minimum atomic E-state index is -0.167. The highest BCUT2D eigenvalue weighted by molar-refractivity contribution is 8.00. The summed E-state index contributed by atoms with van der Waals surface area (Å²) in [5, 5.41) is 6.63. The summed E-state index contributed by atoms with van der Waals surface area (Å²) in [5.41, 5.74) is 1.87. The second-order valence-corrected chi connectivity index (χ2v) is 9.85. The smallest absolute Gasteiger partial charge is 0.252 e. The molecule has 5 nitrogen and oxygen atoms in total. The first-order valence-corrected chi connectivity index (χ1v) is 10.2. The van der Waals surface area contributed by atoms with Gasteiger partial charge in [0.15, 0.2) is 5.69 Å². The summed E-state index contributed by atoms with van der Waals surface area (Å²) >= 11 is 3.25. The van der Waals surface area contributed by atoms with E-state index in [2.05, 4.69) is 40.9 Å². The minimum Gasteiger partial charge on any atom is -0.352 e. The Labute approximate surface area is 167 Å². The van der Waals surface area contributed by atoms with E-state index in [9.17, 15) is 4.79 Å². The van der Waals surface area contributed by atoms with Gasteiger partial charge in [-0.1, -0.05) is 20.8 Å². The third-order valence-corrected chi connectivity index (χ3v) is 5.63. The Kier molecular flexibility index (Phi) is 5.78. The molecule has 1 amide bonds. The molecule has 2 aromatic heterocycles. The molecule has 0 bridgehead atoms. The molecule has 1 N–H and O–H groups in total. The van der Waals surface area contributed by atoms with Crippen LogP contribution in [0.3, 0.4) is 0 Å². The molecule has 0 aliphatic heterocycles. The topological polar surface area (TPSA) is 59.2 Å². The first-order chi connectivity index (χ1) is 12.9. The highest BCUT2D eigenvalue weighted by Gasteiger charge is 2.17. The SMILES string of the molecule is [C-]#[N+]c1cc(SC(C)(C)C)c2ncc(C(=O)NCCc3nccs3)cc2c1. The number of hydrogen-bond donors (Lipinski definition) is 1. The molecule has 0 unspecified atom stereocenters. The molecule has 138 valence electrons. The van der Waals surface area contributed by atoms with Crippen LogP contribution in [0.5, 0.6) is 0 Å². The van der Waals surface area contributed by atoms with E-state index < -0.39 is 0 Å². The molecule has 3 aromatic rings. The normalized spacial score (nSPS) is 11.3. The monoisotopic (exact) mass is 396 g/mol. The van der Waals surface area contributed by atoms with Crippen LogP contribution < -0.4 is 5.32 Å². The van der Waals surface area contributed by atoms with Gasteiger partial charge in [-0.2, -0.15) is 0 Å². The number of nitrogens with one attached hydrogen (secondary N) is 1. The average Bonchev–Trinajstić information content (AvgIpc) is 3.13. The third-order valence-electron chi connectivity index (χ3n) is 3.65. The molecule has 0 atom stereocenters. The molecule has 3 rings (SSSR count). The number of aromatic nitrogens is 2. The predicted molar refractivity (Wildman–Crippen MR) is 112 cm³/mol. The van der Waals surface area contributed by atoms with Gasteiger partial charge in [0.05, 0.1) is 22.7 Å². The fourth-order valence-corrected chi connectivity index (χ4v) is 4.29. The Morgan fingerprint density at radius 3 is 2.78 bits per heavy atom. The summed E-state index contributed by atoms with van der Waals surface area (Å²) in [6, 6.07) is 5.46. The molecule has 0 radical (unpaired) electrons. The van der Waals surface area contributed by atoms with Crippen molar-refractivity contribution in [2.24, 2.45) is 0 Å². The lowest BCUT2D eigenvalue weighted by molar-refractivity contribution is 0.0954. The van der Waals surface area contributed by atoms with E-state index in [1.807, 2.05) is 17.5 Å². The van der Waals surface area contributed by atoms with Gasteiger partial charge < -0.3 is 5.32 Å². The van der Waals surface area contributed by atoms with Crippen LogP contribution in [0.1, 0.15) is 36.1 Å². The maximum atomic E-state index is 12.5. The zero-order chi connectivity index (χ0) is 19.4. The van der Waals surface area contributed by atoms with Crippen LogP contribution in [0.2, 0.25) is 0 Å². The van der Waals surface area contributed by atoms with Crippen molar-refractivity contribution in [1.29, 1.82) is 0 Å². The molecular weight excluding hydrogens is 376 g/mol. The van der Waals surface area contributed by atoms with Crippen molar-refractivity contribution in [1.82, 2.24) is 15.3 Å². The third kappa shape index (κ3) is 5.06. The summed E-state index contributed by atoms with van der Waals surface area (Å²) in [6.07, 6.45) is 4.07. The lowest BCUT2D eigenvalue weighted by Crippen LogP contribution is -2.25. The van der Waals surface area contributed by atoms with Crippen molar-refractivity contribution in [2.45, 2.75) is 36.8 Å². The molecule has 1 aromatic carbocycles. The molecular formula is C20H20N4OS2. The number of thioether (sulfide) groups is 1. The summed E-state index contributed by atoms with van der Waals surface area (Å²) < 4.78 is 0.00113. The Bertz CT molecular complexity index is 1000. The first-order valence-electron chi connectivity index (χ1n) is 8.52. The van der Waals surface area contributed by atoms with Gasteiger partial charge in [-0.25, -0.2) is 9.83 Å². The molecule has 0 aliphatic rings. The van der Waals surface area contributed by atoms with Gasteiger partial charge in [0, 0.05) is 40.4 Å². The molecule has 0 spiro atoms. The number of benzene rings is 1. The predicted octanol–water partition coefficient (Wildman–Crippen LogP) is 5.11. The van der Waals surface area contributed by atoms with Crippen LogP contribution in [0, 0.1) is 6.57 Å². The molecule has 7 heteroatoms. The van der Waals surface area contributed by atoms with E-state index in [4.69, 9.17) is 6.57 Å². The van der Waals surface area contributed by atoms with Crippen molar-refractivity contribution in [3.05, 3.63) is 58.0 Å². The van der Waals surface area contributed by atoms with Crippen molar-refractivity contribution in [3.63, 3.8) is 0 Å². The molecule has 0 saturated heterocycles. The van der Waals surface area contributed by atoms with Crippen molar-refractivity contribution >= 4 is 45.6 Å². The fourth-order valence-electron chi connectivity index (χ4n) is 2.56. The van der Waals surface area contributed by atoms with E-state index in [0.29, 0.717) is 24.2 Å². The van der Waals surface area contributed by atoms with Crippen LogP contribution in [-0.4, -0.2) is 27.2 Å². The highest BCUT2D eigenvalue weighted by atomic mass is 32.2. The molecule has 0 aliphatic carbocycles. The second kappa shape index (κ2) is 8.07. The van der Waals surface area contributed by atoms with Crippen LogP contribution in [0.25, 0.3) is 15.7 Å². The number of carbonyl (C=O) groups is 1. The van der Waals surface area contributed by atoms with Gasteiger partial charge in [0.25, 0.3) is 5.91 Å². The molecule has 0 saturated carbocycles. The Morgan fingerprint density at radius 2 is 2.11 bits per heavy atom. The van der Waals surface area contributed by atoms with Gasteiger partial charge >= 0.3 is 0 Å². The maximum Gasteiger partial charge on any atom is 0.252 e. The Morgan fingerprint density at radius 1 is 1.30 bits per heavy atom. The highest BCUT2D eigenvalue weighted by Crippen LogP contribution is 2.38. The Balaban J connectivity index is 1.83. The van der Waals surface area contributed by atoms with Crippen molar-refractivity contribution in [2.75, 3.05) is 6.54 Å². The van der Waals surface area contributed by atoms with E-state index in [1.165, 1.54) is 0 Å². The van der Waals surface area contributed by atoms with Gasteiger partial charge in [-0.15, -0.1) is 23.1 Å². The number of thiazole rings is 1. The van der Waals surface area contributed by atoms with Gasteiger partial charge in [0.1, 0.15) is 0 Å². The second-order valence-electron chi connectivity index (χ2n) is 7.00. The Hall–Kier alpha value is -2.43. The van der Waals surface area contributed by atoms with E-state index in [-0.39, 0.29) is 10.7 Å². The molecule has 27 heavy (non-hydrogen) atoms. The van der Waals surface area contributed by atoms with Crippen LogP contribution in [0.15, 0.2) is 40.9 Å². The van der Waals surface area contributed by atoms with Crippen molar-refractivity contribution in [3.8, 4) is 0 Å². The summed E-state index contributed by atoms with van der Waals surface area (Å²) in [7, 11) is 0. The quantitative estimate of drug-likeness (QED) is 0.481. The van der Waals surface area contributed by atoms with Gasteiger partial charge in [-0.05, 0) is 23.6 Å². The first kappa shape index (κ1) is 19.3. The van der Waals surface area contributed by atoms with Crippen LogP contribution in [0.4, 0.5) is 5.69 Å². The zero-order valence-corrected chi connectivity index (χ0v) is 17.1. The van der Waals surface area contributed by atoms with Gasteiger partial charge in [-0.3, -0.25) is 9.78 Å². The fraction of sp³-hybridized carbons (Fsp3) is 0.300. The van der Waals surface area contributed by atoms with E-state index >= 15 is 0 Å². The average molecular weight is 397 g/mol. The van der Waals surface area contributed by atoms with Crippen LogP contribution in [-0.2, 0) is 6.42 Å². The molecule has 2 heterocycles. The number of fused-ring (bicyclic) bond motifs is 1. The zero-order valence-electron chi connectivity index (χ0n) is 15.4. The largest absolute Gasteiger partial charge is 0.352 e. The minimum absolute atomic E-state index is 0.00113. The lowest BCUT2D eigenvalue weighted by atomic mass is 10.1. The summed E-state index contributed by atoms with van der Waals surface area (Å²) in [5.74, 6) is -0.167. The van der Waals surface area contributed by atoms with Crippen LogP contribution >= 0.6 is 23.1 Å². The standard InChI is InChI=1S/C20H20N4OS2/c1-20(2,3)27-16-11-15(21-4)10-13-9-14(12-24-18(13)16)19(25)23-6-5-17-22-7-8-26-17/h7-12H,5-6H2,1-3H3,(H,23,25). The summed E-state index contributed by atoms with van der Waals surface area (Å²) in [6.45, 7) is 14.3. The number of carbonyl (C=O) groups excluding carboxylic acids is 1. The summed E-state index contributed by atoms with van der Waals surface area (Å²) in [4.78, 5) is 25.7. The van der Waals surface area contributed by atoms with Gasteiger partial charge in [0.2, 0.25) is 0 Å². The number of rotatable bonds is 5. The lowest BCUT2D eigenvalue weighted by Gasteiger charge is -2.19. The number of nitrogens with zero attached hydrogens (tertiary/aromatic N) is 3. The number of amides is 1. The number of hydrogen-bond acceptors (Lipinski definition) is 5. The number of pyridine rings is 1. The van der Waals surface area contributed by atoms with E-state index in [0.717, 1.165) is 20.8 Å². The molecule has 0 fully saturated rings.